The number of carbonyl (C=O) groups is 3. The summed E-state index contributed by atoms with van der Waals surface area (Å²) in [7, 11) is 1.17. The molecule has 10 nitrogen and oxygen atoms in total. The number of aliphatic hydroxyl groups is 2. The van der Waals surface area contributed by atoms with Crippen LogP contribution < -0.4 is 9.47 Å². The molecule has 2 N–H and O–H groups in total. The van der Waals surface area contributed by atoms with Gasteiger partial charge in [-0.15, -0.1) is 0 Å². The summed E-state index contributed by atoms with van der Waals surface area (Å²) in [5, 5.41) is 21.4. The van der Waals surface area contributed by atoms with Crippen molar-refractivity contribution in [2.75, 3.05) is 27.0 Å². The predicted molar refractivity (Wildman–Crippen MR) is 129 cm³/mol. The highest BCUT2D eigenvalue weighted by Gasteiger charge is 2.53. The molecule has 4 aliphatic rings. The Kier molecular flexibility index (Phi) is 6.44. The lowest BCUT2D eigenvalue weighted by Gasteiger charge is -2.31. The molecule has 0 unspecified atom stereocenters. The third-order valence-corrected chi connectivity index (χ3v) is 7.71. The number of hydrogen-bond donors (Lipinski definition) is 2. The summed E-state index contributed by atoms with van der Waals surface area (Å²) in [5.74, 6) is -1.43. The van der Waals surface area contributed by atoms with E-state index in [0.717, 1.165) is 36.3 Å². The number of ketones is 1. The SMILES string of the molecule is COC(=O)C[C@](O)(CCCC(C)(C)O)C(=O)O[C@@H]1C(=O)C2=C3[C@@H]1c1cc4c(cc1CCN3CC2)OCO4. The van der Waals surface area contributed by atoms with Gasteiger partial charge in [-0.3, -0.25) is 9.59 Å². The first-order valence-electron chi connectivity index (χ1n) is 12.7. The number of hydrogen-bond acceptors (Lipinski definition) is 10. The van der Waals surface area contributed by atoms with Crippen molar-refractivity contribution in [2.45, 2.75) is 75.6 Å². The first-order chi connectivity index (χ1) is 17.5. The molecule has 0 radical (unpaired) electrons. The van der Waals surface area contributed by atoms with Gasteiger partial charge >= 0.3 is 11.9 Å². The molecule has 0 saturated carbocycles. The molecule has 0 bridgehead atoms. The van der Waals surface area contributed by atoms with Crippen molar-refractivity contribution in [2.24, 2.45) is 0 Å². The van der Waals surface area contributed by atoms with Crippen LogP contribution in [0.5, 0.6) is 11.5 Å². The van der Waals surface area contributed by atoms with E-state index in [-0.39, 0.29) is 25.4 Å². The lowest BCUT2D eigenvalue weighted by Crippen LogP contribution is -2.46. The number of fused-ring (bicyclic) bond motifs is 3. The van der Waals surface area contributed by atoms with Crippen LogP contribution in [0.3, 0.4) is 0 Å². The minimum atomic E-state index is -2.20. The van der Waals surface area contributed by atoms with Crippen LogP contribution in [0.15, 0.2) is 23.4 Å². The van der Waals surface area contributed by atoms with Crippen LogP contribution in [0, 0.1) is 0 Å². The van der Waals surface area contributed by atoms with Gasteiger partial charge in [0, 0.05) is 24.4 Å². The number of rotatable bonds is 8. The third kappa shape index (κ3) is 4.68. The van der Waals surface area contributed by atoms with Crippen molar-refractivity contribution >= 4 is 17.7 Å². The number of methoxy groups -OCH3 is 1. The number of ether oxygens (including phenoxy) is 4. The van der Waals surface area contributed by atoms with Crippen LogP contribution >= 0.6 is 0 Å². The van der Waals surface area contributed by atoms with E-state index >= 15 is 0 Å². The highest BCUT2D eigenvalue weighted by atomic mass is 16.7. The summed E-state index contributed by atoms with van der Waals surface area (Å²) < 4.78 is 21.7. The molecule has 0 amide bonds. The van der Waals surface area contributed by atoms with Gasteiger partial charge in [-0.05, 0) is 69.2 Å². The fraction of sp³-hybridized carbons (Fsp3) is 0.593. The van der Waals surface area contributed by atoms with Crippen LogP contribution in [-0.2, 0) is 30.3 Å². The number of Topliss-reactive ketones (excluding diaryl/α,β-unsaturated/α-hetero) is 1. The van der Waals surface area contributed by atoms with E-state index < -0.39 is 41.6 Å². The van der Waals surface area contributed by atoms with E-state index in [1.807, 2.05) is 12.1 Å². The fourth-order valence-electron chi connectivity index (χ4n) is 5.82. The summed E-state index contributed by atoms with van der Waals surface area (Å²) in [6.07, 6.45) is -0.0768. The Bertz CT molecular complexity index is 1170. The van der Waals surface area contributed by atoms with Gasteiger partial charge in [0.1, 0.15) is 0 Å². The summed E-state index contributed by atoms with van der Waals surface area (Å²) in [6.45, 7) is 4.80. The fourth-order valence-corrected chi connectivity index (χ4v) is 5.82. The van der Waals surface area contributed by atoms with Crippen LogP contribution in [0.25, 0.3) is 0 Å². The van der Waals surface area contributed by atoms with E-state index in [1.54, 1.807) is 13.8 Å². The Morgan fingerprint density at radius 2 is 1.81 bits per heavy atom. The van der Waals surface area contributed by atoms with Crippen LogP contribution in [0.2, 0.25) is 0 Å². The maximum Gasteiger partial charge on any atom is 0.339 e. The van der Waals surface area contributed by atoms with Crippen molar-refractivity contribution in [1.82, 2.24) is 4.90 Å². The zero-order valence-corrected chi connectivity index (χ0v) is 21.4. The predicted octanol–water partition coefficient (Wildman–Crippen LogP) is 1.74. The molecule has 3 atom stereocenters. The van der Waals surface area contributed by atoms with E-state index in [0.29, 0.717) is 29.9 Å². The monoisotopic (exact) mass is 515 g/mol. The second-order valence-corrected chi connectivity index (χ2v) is 10.9. The standard InChI is InChI=1S/C27H33NO9/c1-26(2,32)7-4-8-27(33,13-20(29)34-3)25(31)37-24-21-17-12-19-18(35-14-36-19)11-15(17)5-9-28-10-6-16(22(21)28)23(24)30/h11-12,21,24,32-33H,4-10,13-14H2,1-3H3/t21-,24-,27+/m0/s1. The zero-order chi connectivity index (χ0) is 26.5. The minimum absolute atomic E-state index is 0.117. The molecule has 37 heavy (non-hydrogen) atoms. The highest BCUT2D eigenvalue weighted by molar-refractivity contribution is 6.05. The Balaban J connectivity index is 1.46. The van der Waals surface area contributed by atoms with Crippen LogP contribution in [-0.4, -0.2) is 77.1 Å². The summed E-state index contributed by atoms with van der Waals surface area (Å²) in [5.41, 5.74) is 0.116. The maximum atomic E-state index is 13.5. The van der Waals surface area contributed by atoms with Crippen molar-refractivity contribution in [3.05, 3.63) is 34.5 Å². The largest absolute Gasteiger partial charge is 0.469 e. The molecular weight excluding hydrogens is 482 g/mol. The molecule has 1 aromatic rings. The van der Waals surface area contributed by atoms with Crippen molar-refractivity contribution in [3.8, 4) is 11.5 Å². The molecule has 0 aromatic heterocycles. The third-order valence-electron chi connectivity index (χ3n) is 7.71. The van der Waals surface area contributed by atoms with Crippen molar-refractivity contribution in [1.29, 1.82) is 0 Å². The topological polar surface area (TPSA) is 132 Å². The van der Waals surface area contributed by atoms with Gasteiger partial charge in [0.15, 0.2) is 23.2 Å². The van der Waals surface area contributed by atoms with Crippen molar-refractivity contribution < 1.29 is 43.5 Å². The lowest BCUT2D eigenvalue weighted by molar-refractivity contribution is -0.179. The molecule has 0 saturated heterocycles. The van der Waals surface area contributed by atoms with Gasteiger partial charge in [-0.1, -0.05) is 0 Å². The van der Waals surface area contributed by atoms with E-state index in [2.05, 4.69) is 4.90 Å². The lowest BCUT2D eigenvalue weighted by atomic mass is 9.88. The van der Waals surface area contributed by atoms with Crippen LogP contribution in [0.4, 0.5) is 0 Å². The summed E-state index contributed by atoms with van der Waals surface area (Å²) in [6, 6.07) is 3.78. The molecule has 5 rings (SSSR count). The molecule has 3 heterocycles. The van der Waals surface area contributed by atoms with Crippen LogP contribution in [0.1, 0.15) is 63.0 Å². The van der Waals surface area contributed by atoms with E-state index in [1.165, 1.54) is 7.11 Å². The van der Waals surface area contributed by atoms with Gasteiger partial charge in [0.05, 0.1) is 25.0 Å². The average Bonchev–Trinajstić information content (AvgIpc) is 3.50. The van der Waals surface area contributed by atoms with Gasteiger partial charge in [0.25, 0.3) is 0 Å². The number of benzene rings is 1. The quantitative estimate of drug-likeness (QED) is 0.494. The Labute approximate surface area is 215 Å². The Morgan fingerprint density at radius 3 is 2.51 bits per heavy atom. The molecule has 10 heteroatoms. The Morgan fingerprint density at radius 1 is 1.11 bits per heavy atom. The van der Waals surface area contributed by atoms with Gasteiger partial charge in [0.2, 0.25) is 12.6 Å². The summed E-state index contributed by atoms with van der Waals surface area (Å²) >= 11 is 0. The normalized spacial score (nSPS) is 23.4. The maximum absolute atomic E-state index is 13.5. The zero-order valence-electron chi connectivity index (χ0n) is 21.4. The highest BCUT2D eigenvalue weighted by Crippen LogP contribution is 2.50. The molecule has 1 aliphatic carbocycles. The summed E-state index contributed by atoms with van der Waals surface area (Å²) in [4.78, 5) is 41.3. The molecular formula is C27H33NO9. The first-order valence-corrected chi connectivity index (χ1v) is 12.7. The van der Waals surface area contributed by atoms with E-state index in [4.69, 9.17) is 18.9 Å². The van der Waals surface area contributed by atoms with Gasteiger partial charge in [-0.2, -0.15) is 0 Å². The van der Waals surface area contributed by atoms with E-state index in [9.17, 15) is 24.6 Å². The van der Waals surface area contributed by atoms with Crippen molar-refractivity contribution in [3.63, 3.8) is 0 Å². The molecule has 3 aliphatic heterocycles. The molecule has 1 aromatic carbocycles. The Hall–Kier alpha value is -3.11. The van der Waals surface area contributed by atoms with Gasteiger partial charge < -0.3 is 34.1 Å². The van der Waals surface area contributed by atoms with Gasteiger partial charge in [-0.25, -0.2) is 4.79 Å². The molecule has 0 fully saturated rings. The molecule has 200 valence electrons. The number of carbonyl (C=O) groups excluding carboxylic acids is 3. The average molecular weight is 516 g/mol. The number of nitrogens with zero attached hydrogens (tertiary/aromatic N) is 1. The second kappa shape index (κ2) is 9.33. The second-order valence-electron chi connectivity index (χ2n) is 10.9. The first kappa shape index (κ1) is 25.5. The smallest absolute Gasteiger partial charge is 0.339 e. The number of esters is 2. The minimum Gasteiger partial charge on any atom is -0.469 e. The molecule has 0 spiro atoms.